The van der Waals surface area contributed by atoms with E-state index in [0.29, 0.717) is 19.0 Å². The van der Waals surface area contributed by atoms with Gasteiger partial charge < -0.3 is 10.5 Å². The molecule has 116 valence electrons. The summed E-state index contributed by atoms with van der Waals surface area (Å²) in [5.74, 6) is -0.0790. The second kappa shape index (κ2) is 5.23. The standard InChI is InChI=1S/C14H19FN2O3S/c1-20-14-5-3-10(6-12(14)15)21(18,19)17-7-9-2-4-13(16)11(9)8-17/h3,5-6,9,11,13H,2,4,7-8,16H2,1H3. The molecule has 0 spiro atoms. The normalized spacial score (nSPS) is 29.6. The summed E-state index contributed by atoms with van der Waals surface area (Å²) < 4.78 is 45.2. The van der Waals surface area contributed by atoms with Crippen molar-refractivity contribution < 1.29 is 17.5 Å². The second-order valence-corrected chi connectivity index (χ2v) is 7.72. The van der Waals surface area contributed by atoms with Crippen LogP contribution in [0, 0.1) is 17.7 Å². The Morgan fingerprint density at radius 2 is 2.10 bits per heavy atom. The van der Waals surface area contributed by atoms with Crippen molar-refractivity contribution in [2.45, 2.75) is 23.8 Å². The number of ether oxygens (including phenoxy) is 1. The number of benzene rings is 1. The number of fused-ring (bicyclic) bond motifs is 1. The molecule has 0 aromatic heterocycles. The lowest BCUT2D eigenvalue weighted by Crippen LogP contribution is -2.33. The Bertz CT molecular complexity index is 650. The van der Waals surface area contributed by atoms with Crippen molar-refractivity contribution in [2.75, 3.05) is 20.2 Å². The maximum atomic E-state index is 13.7. The lowest BCUT2D eigenvalue weighted by molar-refractivity contribution is 0.385. The zero-order chi connectivity index (χ0) is 15.2. The Labute approximate surface area is 123 Å². The zero-order valence-corrected chi connectivity index (χ0v) is 12.6. The van der Waals surface area contributed by atoms with Crippen molar-refractivity contribution in [1.29, 1.82) is 0 Å². The summed E-state index contributed by atoms with van der Waals surface area (Å²) in [6.45, 7) is 0.913. The number of methoxy groups -OCH3 is 1. The van der Waals surface area contributed by atoms with Crippen LogP contribution in [0.1, 0.15) is 12.8 Å². The zero-order valence-electron chi connectivity index (χ0n) is 11.8. The second-order valence-electron chi connectivity index (χ2n) is 5.78. The Kier molecular flexibility index (Phi) is 3.67. The highest BCUT2D eigenvalue weighted by molar-refractivity contribution is 7.89. The van der Waals surface area contributed by atoms with Crippen molar-refractivity contribution in [3.05, 3.63) is 24.0 Å². The number of hydrogen-bond acceptors (Lipinski definition) is 4. The van der Waals surface area contributed by atoms with E-state index in [2.05, 4.69) is 0 Å². The molecule has 1 aromatic carbocycles. The topological polar surface area (TPSA) is 72.6 Å². The maximum absolute atomic E-state index is 13.7. The average Bonchev–Trinajstić information content (AvgIpc) is 3.02. The number of nitrogens with two attached hydrogens (primary N) is 1. The van der Waals surface area contributed by atoms with Crippen LogP contribution >= 0.6 is 0 Å². The molecule has 7 heteroatoms. The Hall–Kier alpha value is -1.18. The van der Waals surface area contributed by atoms with E-state index in [4.69, 9.17) is 10.5 Å². The highest BCUT2D eigenvalue weighted by atomic mass is 32.2. The summed E-state index contributed by atoms with van der Waals surface area (Å²) in [4.78, 5) is -0.0330. The summed E-state index contributed by atoms with van der Waals surface area (Å²) in [5, 5.41) is 0. The molecule has 1 saturated heterocycles. The summed E-state index contributed by atoms with van der Waals surface area (Å²) >= 11 is 0. The maximum Gasteiger partial charge on any atom is 0.243 e. The molecule has 1 saturated carbocycles. The van der Waals surface area contributed by atoms with Gasteiger partial charge >= 0.3 is 0 Å². The fourth-order valence-electron chi connectivity index (χ4n) is 3.42. The van der Waals surface area contributed by atoms with E-state index in [1.165, 1.54) is 23.5 Å². The first kappa shape index (κ1) is 14.7. The molecule has 3 unspecified atom stereocenters. The van der Waals surface area contributed by atoms with Crippen molar-refractivity contribution in [3.8, 4) is 5.75 Å². The van der Waals surface area contributed by atoms with Gasteiger partial charge in [-0.2, -0.15) is 4.31 Å². The van der Waals surface area contributed by atoms with Crippen molar-refractivity contribution in [2.24, 2.45) is 17.6 Å². The number of rotatable bonds is 3. The molecule has 1 heterocycles. The van der Waals surface area contributed by atoms with Crippen LogP contribution in [0.2, 0.25) is 0 Å². The fraction of sp³-hybridized carbons (Fsp3) is 0.571. The molecule has 1 aliphatic heterocycles. The molecule has 0 radical (unpaired) electrons. The van der Waals surface area contributed by atoms with E-state index in [9.17, 15) is 12.8 Å². The summed E-state index contributed by atoms with van der Waals surface area (Å²) in [6, 6.07) is 3.81. The Morgan fingerprint density at radius 1 is 1.33 bits per heavy atom. The van der Waals surface area contributed by atoms with Gasteiger partial charge in [0.2, 0.25) is 10.0 Å². The molecule has 3 rings (SSSR count). The molecule has 21 heavy (non-hydrogen) atoms. The smallest absolute Gasteiger partial charge is 0.243 e. The van der Waals surface area contributed by atoms with Gasteiger partial charge in [0, 0.05) is 19.1 Å². The molecular weight excluding hydrogens is 295 g/mol. The number of nitrogens with zero attached hydrogens (tertiary/aromatic N) is 1. The van der Waals surface area contributed by atoms with Crippen LogP contribution in [0.5, 0.6) is 5.75 Å². The van der Waals surface area contributed by atoms with Crippen molar-refractivity contribution >= 4 is 10.0 Å². The van der Waals surface area contributed by atoms with Gasteiger partial charge in [0.15, 0.2) is 11.6 Å². The lowest BCUT2D eigenvalue weighted by Gasteiger charge is -2.19. The molecule has 5 nitrogen and oxygen atoms in total. The first-order valence-corrected chi connectivity index (χ1v) is 8.46. The third-order valence-electron chi connectivity index (χ3n) is 4.64. The predicted octanol–water partition coefficient (Wildman–Crippen LogP) is 1.19. The minimum absolute atomic E-state index is 0.0330. The highest BCUT2D eigenvalue weighted by Gasteiger charge is 2.45. The summed E-state index contributed by atoms with van der Waals surface area (Å²) in [7, 11) is -2.33. The molecular formula is C14H19FN2O3S. The minimum atomic E-state index is -3.67. The minimum Gasteiger partial charge on any atom is -0.494 e. The molecule has 2 N–H and O–H groups in total. The van der Waals surface area contributed by atoms with E-state index in [0.717, 1.165) is 18.9 Å². The highest BCUT2D eigenvalue weighted by Crippen LogP contribution is 2.39. The quantitative estimate of drug-likeness (QED) is 0.909. The van der Waals surface area contributed by atoms with Crippen LogP contribution < -0.4 is 10.5 Å². The summed E-state index contributed by atoms with van der Waals surface area (Å²) in [5.41, 5.74) is 6.03. The Morgan fingerprint density at radius 3 is 2.71 bits per heavy atom. The van der Waals surface area contributed by atoms with Gasteiger partial charge in [-0.05, 0) is 42.9 Å². The van der Waals surface area contributed by atoms with Gasteiger partial charge in [-0.15, -0.1) is 0 Å². The van der Waals surface area contributed by atoms with Gasteiger partial charge in [0.25, 0.3) is 0 Å². The van der Waals surface area contributed by atoms with E-state index in [-0.39, 0.29) is 22.6 Å². The number of hydrogen-bond donors (Lipinski definition) is 1. The predicted molar refractivity (Wildman–Crippen MR) is 75.9 cm³/mol. The third-order valence-corrected chi connectivity index (χ3v) is 6.47. The van der Waals surface area contributed by atoms with Crippen LogP contribution in [0.4, 0.5) is 4.39 Å². The molecule has 2 fully saturated rings. The first-order chi connectivity index (χ1) is 9.93. The van der Waals surface area contributed by atoms with E-state index in [1.807, 2.05) is 0 Å². The monoisotopic (exact) mass is 314 g/mol. The largest absolute Gasteiger partial charge is 0.494 e. The van der Waals surface area contributed by atoms with Crippen molar-refractivity contribution in [3.63, 3.8) is 0 Å². The van der Waals surface area contributed by atoms with Crippen LogP contribution in [-0.4, -0.2) is 39.0 Å². The van der Waals surface area contributed by atoms with Gasteiger partial charge in [-0.25, -0.2) is 12.8 Å². The fourth-order valence-corrected chi connectivity index (χ4v) is 4.97. The number of sulfonamides is 1. The van der Waals surface area contributed by atoms with Crippen LogP contribution in [0.25, 0.3) is 0 Å². The first-order valence-electron chi connectivity index (χ1n) is 7.02. The van der Waals surface area contributed by atoms with Crippen LogP contribution in [0.3, 0.4) is 0 Å². The third kappa shape index (κ3) is 2.43. The van der Waals surface area contributed by atoms with Gasteiger partial charge in [-0.3, -0.25) is 0 Å². The van der Waals surface area contributed by atoms with E-state index >= 15 is 0 Å². The van der Waals surface area contributed by atoms with Crippen molar-refractivity contribution in [1.82, 2.24) is 4.31 Å². The van der Waals surface area contributed by atoms with Crippen LogP contribution in [-0.2, 0) is 10.0 Å². The molecule has 1 aliphatic carbocycles. The van der Waals surface area contributed by atoms with Crippen LogP contribution in [0.15, 0.2) is 23.1 Å². The molecule has 0 bridgehead atoms. The molecule has 1 aromatic rings. The lowest BCUT2D eigenvalue weighted by atomic mass is 9.98. The van der Waals surface area contributed by atoms with E-state index in [1.54, 1.807) is 0 Å². The SMILES string of the molecule is COc1ccc(S(=O)(=O)N2CC3CCC(N)C3C2)cc1F. The Balaban J connectivity index is 1.86. The van der Waals surface area contributed by atoms with E-state index < -0.39 is 15.8 Å². The van der Waals surface area contributed by atoms with Gasteiger partial charge in [0.05, 0.1) is 12.0 Å². The molecule has 0 amide bonds. The van der Waals surface area contributed by atoms with Gasteiger partial charge in [0.1, 0.15) is 0 Å². The summed E-state index contributed by atoms with van der Waals surface area (Å²) in [6.07, 6.45) is 1.93. The molecule has 2 aliphatic rings. The van der Waals surface area contributed by atoms with Gasteiger partial charge in [-0.1, -0.05) is 0 Å². The number of halogens is 1. The molecule has 3 atom stereocenters. The average molecular weight is 314 g/mol.